The van der Waals surface area contributed by atoms with Gasteiger partial charge in [-0.2, -0.15) is 18.6 Å². The second kappa shape index (κ2) is 9.73. The van der Waals surface area contributed by atoms with Gasteiger partial charge in [-0.1, -0.05) is 12.1 Å². The minimum absolute atomic E-state index is 0.156. The summed E-state index contributed by atoms with van der Waals surface area (Å²) >= 11 is 0. The highest BCUT2D eigenvalue weighted by Gasteiger charge is 2.09. The van der Waals surface area contributed by atoms with E-state index in [1.165, 1.54) is 7.11 Å². The number of ether oxygens (including phenoxy) is 2. The molecule has 0 aliphatic heterocycles. The van der Waals surface area contributed by atoms with E-state index in [1.807, 2.05) is 24.3 Å². The van der Waals surface area contributed by atoms with E-state index < -0.39 is 10.1 Å². The molecule has 0 fully saturated rings. The quantitative estimate of drug-likeness (QED) is 0.195. The van der Waals surface area contributed by atoms with E-state index in [-0.39, 0.29) is 25.4 Å². The summed E-state index contributed by atoms with van der Waals surface area (Å²) in [6, 6.07) is 14.1. The van der Waals surface area contributed by atoms with E-state index >= 15 is 0 Å². The van der Waals surface area contributed by atoms with E-state index in [1.54, 1.807) is 24.3 Å². The van der Waals surface area contributed by atoms with Crippen LogP contribution in [0.15, 0.2) is 58.8 Å². The van der Waals surface area contributed by atoms with E-state index in [2.05, 4.69) is 10.2 Å². The lowest BCUT2D eigenvalue weighted by molar-refractivity contribution is 0.282. The van der Waals surface area contributed by atoms with Gasteiger partial charge in [0.15, 0.2) is 0 Å². The molecule has 3 aromatic rings. The molecule has 0 aromatic heterocycles. The van der Waals surface area contributed by atoms with Crippen molar-refractivity contribution in [1.82, 2.24) is 0 Å². The monoisotopic (exact) mass is 445 g/mol. The summed E-state index contributed by atoms with van der Waals surface area (Å²) in [6.45, 7) is -0.0815. The molecule has 4 N–H and O–H groups in total. The molecule has 31 heavy (non-hydrogen) atoms. The Balaban J connectivity index is 1.81. The van der Waals surface area contributed by atoms with Crippen LogP contribution in [0, 0.1) is 0 Å². The van der Waals surface area contributed by atoms with E-state index in [0.717, 1.165) is 10.8 Å². The Morgan fingerprint density at radius 1 is 1.06 bits per heavy atom. The number of nitrogen functional groups attached to an aromatic ring is 1. The predicted molar refractivity (Wildman–Crippen MR) is 118 cm³/mol. The van der Waals surface area contributed by atoms with Crippen molar-refractivity contribution in [2.45, 2.75) is 13.0 Å². The average molecular weight is 445 g/mol. The molecule has 0 saturated heterocycles. The molecule has 10 heteroatoms. The molecule has 0 aliphatic carbocycles. The van der Waals surface area contributed by atoms with Crippen LogP contribution in [0.1, 0.15) is 12.0 Å². The van der Waals surface area contributed by atoms with Gasteiger partial charge in [0.25, 0.3) is 10.1 Å². The molecule has 0 spiro atoms. The lowest BCUT2D eigenvalue weighted by atomic mass is 10.1. The summed E-state index contributed by atoms with van der Waals surface area (Å²) in [4.78, 5) is 0. The summed E-state index contributed by atoms with van der Waals surface area (Å²) in [5, 5.41) is 19.7. The first-order chi connectivity index (χ1) is 14.8. The highest BCUT2D eigenvalue weighted by molar-refractivity contribution is 7.85. The third kappa shape index (κ3) is 5.91. The molecule has 0 atom stereocenters. The number of methoxy groups -OCH3 is 1. The number of hydrogen-bond acceptors (Lipinski definition) is 8. The second-order valence-electron chi connectivity index (χ2n) is 6.73. The van der Waals surface area contributed by atoms with Gasteiger partial charge in [0.1, 0.15) is 11.5 Å². The van der Waals surface area contributed by atoms with Crippen molar-refractivity contribution in [2.75, 3.05) is 25.2 Å². The van der Waals surface area contributed by atoms with Crippen molar-refractivity contribution in [3.63, 3.8) is 0 Å². The maximum Gasteiger partial charge on any atom is 0.264 e. The van der Waals surface area contributed by atoms with Gasteiger partial charge in [-0.25, -0.2) is 0 Å². The first-order valence-electron chi connectivity index (χ1n) is 9.40. The molecule has 0 amide bonds. The van der Waals surface area contributed by atoms with E-state index in [9.17, 15) is 13.5 Å². The predicted octanol–water partition coefficient (Wildman–Crippen LogP) is 4.00. The minimum atomic E-state index is -4.00. The van der Waals surface area contributed by atoms with Crippen LogP contribution in [0.4, 0.5) is 17.1 Å². The molecule has 164 valence electrons. The third-order valence-corrected chi connectivity index (χ3v) is 5.31. The van der Waals surface area contributed by atoms with E-state index in [0.29, 0.717) is 34.1 Å². The third-order valence-electron chi connectivity index (χ3n) is 4.50. The van der Waals surface area contributed by atoms with Gasteiger partial charge >= 0.3 is 0 Å². The molecule has 0 radical (unpaired) electrons. The van der Waals surface area contributed by atoms with Crippen LogP contribution < -0.4 is 15.2 Å². The Hall–Kier alpha value is -3.21. The van der Waals surface area contributed by atoms with Crippen LogP contribution in [0.5, 0.6) is 11.5 Å². The normalized spacial score (nSPS) is 11.8. The van der Waals surface area contributed by atoms with Gasteiger partial charge in [0, 0.05) is 17.0 Å². The first-order valence-corrected chi connectivity index (χ1v) is 11.0. The van der Waals surface area contributed by atoms with E-state index in [4.69, 9.17) is 19.8 Å². The second-order valence-corrected chi connectivity index (χ2v) is 8.30. The van der Waals surface area contributed by atoms with Crippen LogP contribution in [0.2, 0.25) is 0 Å². The van der Waals surface area contributed by atoms with Gasteiger partial charge in [0.05, 0.1) is 43.1 Å². The molecule has 0 saturated carbocycles. The van der Waals surface area contributed by atoms with Gasteiger partial charge in [-0.05, 0) is 42.1 Å². The zero-order valence-electron chi connectivity index (χ0n) is 16.9. The smallest absolute Gasteiger partial charge is 0.264 e. The lowest BCUT2D eigenvalue weighted by Crippen LogP contribution is -2.08. The molecule has 0 heterocycles. The Kier molecular flexibility index (Phi) is 7.06. The molecule has 0 aliphatic rings. The summed E-state index contributed by atoms with van der Waals surface area (Å²) in [7, 11) is -2.50. The number of hydrogen-bond donors (Lipinski definition) is 3. The molecular formula is C21H23N3O6S. The number of anilines is 1. The van der Waals surface area contributed by atoms with Crippen molar-refractivity contribution >= 4 is 38.0 Å². The molecule has 3 aromatic carbocycles. The molecule has 3 rings (SSSR count). The number of aliphatic hydroxyl groups is 1. The van der Waals surface area contributed by atoms with Gasteiger partial charge in [0.2, 0.25) is 0 Å². The van der Waals surface area contributed by atoms with Crippen LogP contribution in [0.3, 0.4) is 0 Å². The Labute approximate surface area is 179 Å². The van der Waals surface area contributed by atoms with Gasteiger partial charge in [-0.3, -0.25) is 4.55 Å². The maximum absolute atomic E-state index is 10.8. The highest BCUT2D eigenvalue weighted by atomic mass is 32.2. The van der Waals surface area contributed by atoms with Crippen LogP contribution in [-0.2, 0) is 16.7 Å². The molecule has 0 bridgehead atoms. The lowest BCUT2D eigenvalue weighted by Gasteiger charge is -2.10. The molecular weight excluding hydrogens is 422 g/mol. The zero-order valence-corrected chi connectivity index (χ0v) is 17.7. The van der Waals surface area contributed by atoms with Crippen LogP contribution >= 0.6 is 0 Å². The standard InChI is InChI=1S/C21H23N3O6S/c1-29-21-12-19(15(13-25)11-18(21)22)24-23-16-6-7-17-14(10-16)4-2-5-20(17)30-8-3-9-31(26,27)28/h2,4-7,10-12,25H,3,8-9,13,22H2,1H3,(H,26,27,28). The molecule has 0 unspecified atom stereocenters. The van der Waals surface area contributed by atoms with Crippen LogP contribution in [-0.4, -0.2) is 37.5 Å². The first kappa shape index (κ1) is 22.5. The van der Waals surface area contributed by atoms with Crippen molar-refractivity contribution in [3.05, 3.63) is 54.1 Å². The number of nitrogens with two attached hydrogens (primary N) is 1. The number of aliphatic hydroxyl groups excluding tert-OH is 1. The summed E-state index contributed by atoms with van der Waals surface area (Å²) in [6.07, 6.45) is 0.180. The summed E-state index contributed by atoms with van der Waals surface area (Å²) in [5.41, 5.74) is 7.84. The number of rotatable bonds is 9. The number of nitrogens with zero attached hydrogens (tertiary/aromatic N) is 2. The highest BCUT2D eigenvalue weighted by Crippen LogP contribution is 2.33. The van der Waals surface area contributed by atoms with Crippen molar-refractivity contribution in [3.8, 4) is 11.5 Å². The van der Waals surface area contributed by atoms with Gasteiger partial charge in [-0.15, -0.1) is 0 Å². The summed E-state index contributed by atoms with van der Waals surface area (Å²) in [5.74, 6) is 0.691. The summed E-state index contributed by atoms with van der Waals surface area (Å²) < 4.78 is 41.3. The van der Waals surface area contributed by atoms with Crippen LogP contribution in [0.25, 0.3) is 10.8 Å². The van der Waals surface area contributed by atoms with Crippen molar-refractivity contribution in [1.29, 1.82) is 0 Å². The van der Waals surface area contributed by atoms with Crippen molar-refractivity contribution < 1.29 is 27.6 Å². The van der Waals surface area contributed by atoms with Crippen molar-refractivity contribution in [2.24, 2.45) is 10.2 Å². The molecule has 9 nitrogen and oxygen atoms in total. The average Bonchev–Trinajstić information content (AvgIpc) is 2.74. The fourth-order valence-corrected chi connectivity index (χ4v) is 3.48. The SMILES string of the molecule is COc1cc(N=Nc2ccc3c(OCCCS(=O)(=O)O)cccc3c2)c(CO)cc1N. The maximum atomic E-state index is 10.8. The Morgan fingerprint density at radius 3 is 2.58 bits per heavy atom. The number of benzene rings is 3. The fraction of sp³-hybridized carbons (Fsp3) is 0.238. The van der Waals surface area contributed by atoms with Gasteiger partial charge < -0.3 is 20.3 Å². The largest absolute Gasteiger partial charge is 0.495 e. The number of fused-ring (bicyclic) bond motifs is 1. The Morgan fingerprint density at radius 2 is 1.87 bits per heavy atom. The Bertz CT molecular complexity index is 1210. The number of azo groups is 1. The zero-order chi connectivity index (χ0) is 22.4. The topological polar surface area (TPSA) is 144 Å². The fourth-order valence-electron chi connectivity index (χ4n) is 2.99. The minimum Gasteiger partial charge on any atom is -0.495 e.